The molecule has 19 heavy (non-hydrogen) atoms. The molecule has 0 aliphatic heterocycles. The maximum absolute atomic E-state index is 5.97. The molecule has 2 aromatic carbocycles. The fourth-order valence-corrected chi connectivity index (χ4v) is 2.05. The van der Waals surface area contributed by atoms with Gasteiger partial charge in [0.2, 0.25) is 0 Å². The van der Waals surface area contributed by atoms with Crippen molar-refractivity contribution in [3.05, 3.63) is 63.6 Å². The van der Waals surface area contributed by atoms with Gasteiger partial charge in [-0.3, -0.25) is 0 Å². The van der Waals surface area contributed by atoms with E-state index in [4.69, 9.17) is 33.7 Å². The summed E-state index contributed by atoms with van der Waals surface area (Å²) in [6, 6.07) is 12.9. The van der Waals surface area contributed by atoms with E-state index in [1.807, 2.05) is 43.3 Å². The van der Waals surface area contributed by atoms with E-state index in [0.717, 1.165) is 16.9 Å². The molecule has 0 saturated heterocycles. The van der Waals surface area contributed by atoms with Gasteiger partial charge in [-0.05, 0) is 42.8 Å². The molecule has 2 N–H and O–H groups in total. The van der Waals surface area contributed by atoms with Crippen LogP contribution in [-0.2, 0) is 6.61 Å². The van der Waals surface area contributed by atoms with Crippen molar-refractivity contribution in [2.75, 3.05) is 0 Å². The van der Waals surface area contributed by atoms with Gasteiger partial charge in [0.15, 0.2) is 0 Å². The number of hydrogen-bond acceptors (Lipinski definition) is 2. The molecule has 0 fully saturated rings. The van der Waals surface area contributed by atoms with Crippen LogP contribution in [0.25, 0.3) is 0 Å². The molecule has 0 heterocycles. The van der Waals surface area contributed by atoms with Crippen LogP contribution in [0.3, 0.4) is 0 Å². The molecule has 0 amide bonds. The third-order valence-corrected chi connectivity index (χ3v) is 3.26. The summed E-state index contributed by atoms with van der Waals surface area (Å²) >= 11 is 11.8. The number of hydrogen-bond donors (Lipinski definition) is 1. The monoisotopic (exact) mass is 295 g/mol. The maximum Gasteiger partial charge on any atom is 0.124 e. The van der Waals surface area contributed by atoms with E-state index in [-0.39, 0.29) is 6.04 Å². The summed E-state index contributed by atoms with van der Waals surface area (Å²) in [4.78, 5) is 0. The second-order valence-electron chi connectivity index (χ2n) is 4.39. The summed E-state index contributed by atoms with van der Waals surface area (Å²) in [5, 5.41) is 1.37. The molecule has 100 valence electrons. The Kier molecular flexibility index (Phi) is 4.70. The maximum atomic E-state index is 5.97. The highest BCUT2D eigenvalue weighted by Gasteiger charge is 2.09. The van der Waals surface area contributed by atoms with E-state index in [0.29, 0.717) is 16.7 Å². The Balaban J connectivity index is 2.13. The van der Waals surface area contributed by atoms with Crippen molar-refractivity contribution in [2.24, 2.45) is 5.73 Å². The van der Waals surface area contributed by atoms with Crippen molar-refractivity contribution < 1.29 is 4.74 Å². The number of rotatable bonds is 4. The van der Waals surface area contributed by atoms with Crippen molar-refractivity contribution in [1.82, 2.24) is 0 Å². The van der Waals surface area contributed by atoms with E-state index < -0.39 is 0 Å². The molecule has 2 aromatic rings. The van der Waals surface area contributed by atoms with Crippen molar-refractivity contribution in [3.63, 3.8) is 0 Å². The zero-order valence-electron chi connectivity index (χ0n) is 10.6. The first-order valence-electron chi connectivity index (χ1n) is 5.98. The summed E-state index contributed by atoms with van der Waals surface area (Å²) in [6.45, 7) is 2.37. The summed E-state index contributed by atoms with van der Waals surface area (Å²) < 4.78 is 5.80. The van der Waals surface area contributed by atoms with E-state index >= 15 is 0 Å². The molecule has 2 nitrogen and oxygen atoms in total. The van der Waals surface area contributed by atoms with Gasteiger partial charge in [0.1, 0.15) is 12.4 Å². The zero-order chi connectivity index (χ0) is 13.8. The van der Waals surface area contributed by atoms with Gasteiger partial charge >= 0.3 is 0 Å². The minimum Gasteiger partial charge on any atom is -0.489 e. The second-order valence-corrected chi connectivity index (χ2v) is 5.26. The highest BCUT2D eigenvalue weighted by atomic mass is 35.5. The minimum absolute atomic E-state index is 0.126. The Bertz CT molecular complexity index is 553. The number of ether oxygens (including phenoxy) is 1. The molecular weight excluding hydrogens is 281 g/mol. The predicted octanol–water partition coefficient (Wildman–Crippen LogP) is 4.59. The van der Waals surface area contributed by atoms with Crippen LogP contribution in [0.2, 0.25) is 10.0 Å². The number of nitrogens with two attached hydrogens (primary N) is 1. The van der Waals surface area contributed by atoms with E-state index in [2.05, 4.69) is 0 Å². The molecule has 1 unspecified atom stereocenters. The molecule has 4 heteroatoms. The SMILES string of the molecule is CC(N)c1cc(Cl)ccc1OCc1ccc(Cl)cc1. The molecule has 0 saturated carbocycles. The molecule has 0 bridgehead atoms. The molecule has 2 rings (SSSR count). The van der Waals surface area contributed by atoms with Crippen LogP contribution in [0.15, 0.2) is 42.5 Å². The van der Waals surface area contributed by atoms with Gasteiger partial charge in [0, 0.05) is 21.7 Å². The van der Waals surface area contributed by atoms with Gasteiger partial charge in [-0.15, -0.1) is 0 Å². The molecule has 1 atom stereocenters. The molecule has 0 aliphatic rings. The number of halogens is 2. The van der Waals surface area contributed by atoms with Gasteiger partial charge in [-0.1, -0.05) is 35.3 Å². The Morgan fingerprint density at radius 3 is 2.32 bits per heavy atom. The lowest BCUT2D eigenvalue weighted by atomic mass is 10.1. The molecule has 0 aromatic heterocycles. The first-order chi connectivity index (χ1) is 9.06. The minimum atomic E-state index is -0.126. The van der Waals surface area contributed by atoms with Crippen LogP contribution in [0.4, 0.5) is 0 Å². The fraction of sp³-hybridized carbons (Fsp3) is 0.200. The van der Waals surface area contributed by atoms with Crippen molar-refractivity contribution in [1.29, 1.82) is 0 Å². The molecule has 0 aliphatic carbocycles. The van der Waals surface area contributed by atoms with Crippen LogP contribution in [0.5, 0.6) is 5.75 Å². The number of benzene rings is 2. The summed E-state index contributed by atoms with van der Waals surface area (Å²) in [7, 11) is 0. The predicted molar refractivity (Wildman–Crippen MR) is 79.8 cm³/mol. The highest BCUT2D eigenvalue weighted by molar-refractivity contribution is 6.30. The van der Waals surface area contributed by atoms with Gasteiger partial charge in [0.05, 0.1) is 0 Å². The van der Waals surface area contributed by atoms with Crippen molar-refractivity contribution in [2.45, 2.75) is 19.6 Å². The van der Waals surface area contributed by atoms with Gasteiger partial charge in [-0.25, -0.2) is 0 Å². The molecule has 0 spiro atoms. The van der Waals surface area contributed by atoms with Gasteiger partial charge in [0.25, 0.3) is 0 Å². The van der Waals surface area contributed by atoms with Crippen LogP contribution >= 0.6 is 23.2 Å². The Hall–Kier alpha value is -1.22. The Morgan fingerprint density at radius 2 is 1.68 bits per heavy atom. The van der Waals surface area contributed by atoms with Crippen molar-refractivity contribution >= 4 is 23.2 Å². The zero-order valence-corrected chi connectivity index (χ0v) is 12.1. The topological polar surface area (TPSA) is 35.2 Å². The largest absolute Gasteiger partial charge is 0.489 e. The molecular formula is C15H15Cl2NO. The second kappa shape index (κ2) is 6.29. The van der Waals surface area contributed by atoms with Crippen LogP contribution in [-0.4, -0.2) is 0 Å². The third-order valence-electron chi connectivity index (χ3n) is 2.77. The highest BCUT2D eigenvalue weighted by Crippen LogP contribution is 2.28. The normalized spacial score (nSPS) is 12.2. The Labute approximate surface area is 123 Å². The van der Waals surface area contributed by atoms with E-state index in [1.54, 1.807) is 6.07 Å². The lowest BCUT2D eigenvalue weighted by molar-refractivity contribution is 0.301. The van der Waals surface area contributed by atoms with Gasteiger partial charge < -0.3 is 10.5 Å². The fourth-order valence-electron chi connectivity index (χ4n) is 1.75. The average Bonchev–Trinajstić information content (AvgIpc) is 2.39. The lowest BCUT2D eigenvalue weighted by Crippen LogP contribution is -2.08. The van der Waals surface area contributed by atoms with E-state index in [9.17, 15) is 0 Å². The average molecular weight is 296 g/mol. The first kappa shape index (κ1) is 14.2. The summed E-state index contributed by atoms with van der Waals surface area (Å²) in [5.74, 6) is 0.759. The van der Waals surface area contributed by atoms with Crippen LogP contribution in [0.1, 0.15) is 24.1 Å². The quantitative estimate of drug-likeness (QED) is 0.895. The first-order valence-corrected chi connectivity index (χ1v) is 6.74. The third kappa shape index (κ3) is 3.87. The van der Waals surface area contributed by atoms with Crippen molar-refractivity contribution in [3.8, 4) is 5.75 Å². The van der Waals surface area contributed by atoms with Gasteiger partial charge in [-0.2, -0.15) is 0 Å². The van der Waals surface area contributed by atoms with Crippen LogP contribution in [0, 0.1) is 0 Å². The lowest BCUT2D eigenvalue weighted by Gasteiger charge is -2.14. The summed E-state index contributed by atoms with van der Waals surface area (Å²) in [6.07, 6.45) is 0. The Morgan fingerprint density at radius 1 is 1.05 bits per heavy atom. The summed E-state index contributed by atoms with van der Waals surface area (Å²) in [5.41, 5.74) is 7.87. The standard InChI is InChI=1S/C15H15Cl2NO/c1-10(18)14-8-13(17)6-7-15(14)19-9-11-2-4-12(16)5-3-11/h2-8,10H,9,18H2,1H3. The smallest absolute Gasteiger partial charge is 0.124 e. The van der Waals surface area contributed by atoms with E-state index in [1.165, 1.54) is 0 Å². The molecule has 0 radical (unpaired) electrons. The van der Waals surface area contributed by atoms with Crippen LogP contribution < -0.4 is 10.5 Å².